The van der Waals surface area contributed by atoms with Gasteiger partial charge in [-0.05, 0) is 118 Å². The molecule has 3 aliphatic heterocycles. The number of aliphatic hydroxyl groups is 3. The molecule has 68 heavy (non-hydrogen) atoms. The predicted octanol–water partition coefficient (Wildman–Crippen LogP) is 7.18. The van der Waals surface area contributed by atoms with Crippen molar-refractivity contribution in [1.82, 2.24) is 4.90 Å². The molecule has 3 fully saturated rings. The molecule has 0 aromatic heterocycles. The van der Waals surface area contributed by atoms with Gasteiger partial charge in [-0.25, -0.2) is 4.79 Å². The molecular weight excluding hydrogens is 871 g/mol. The first kappa shape index (κ1) is 49.6. The molecule has 0 aromatic carbocycles. The summed E-state index contributed by atoms with van der Waals surface area (Å²) in [4.78, 5) is 59.1. The van der Waals surface area contributed by atoms with E-state index in [1.165, 1.54) is 34.1 Å². The Bertz CT molecular complexity index is 2010. The Labute approximate surface area is 413 Å². The molecule has 14 heteroatoms. The minimum absolute atomic E-state index is 0.00178. The van der Waals surface area contributed by atoms with Crippen LogP contribution in [0.1, 0.15) is 132 Å². The molecule has 2 bridgehead atoms. The smallest absolute Gasteiger partial charge is 0.329 e. The van der Waals surface area contributed by atoms with Gasteiger partial charge in [0, 0.05) is 59.4 Å². The van der Waals surface area contributed by atoms with Crippen LogP contribution in [0.5, 0.6) is 0 Å². The van der Waals surface area contributed by atoms with Crippen molar-refractivity contribution in [2.24, 2.45) is 35.5 Å². The summed E-state index contributed by atoms with van der Waals surface area (Å²) in [5, 5.41) is 33.2. The van der Waals surface area contributed by atoms with Crippen molar-refractivity contribution in [3.8, 4) is 0 Å². The summed E-state index contributed by atoms with van der Waals surface area (Å²) < 4.78 is 78.9. The van der Waals surface area contributed by atoms with Gasteiger partial charge < -0.3 is 48.6 Å². The van der Waals surface area contributed by atoms with E-state index in [4.69, 9.17) is 35.3 Å². The summed E-state index contributed by atoms with van der Waals surface area (Å²) in [7, 11) is 4.49. The van der Waals surface area contributed by atoms with Crippen LogP contribution in [0.3, 0.4) is 0 Å². The average Bonchev–Trinajstić information content (AvgIpc) is 3.34. The molecule has 3 heterocycles. The molecular formula is C54H85NO13. The van der Waals surface area contributed by atoms with Gasteiger partial charge in [0.1, 0.15) is 30.1 Å². The van der Waals surface area contributed by atoms with Gasteiger partial charge in [0.05, 0.1) is 37.6 Å². The fourth-order valence-corrected chi connectivity index (χ4v) is 10.1. The summed E-state index contributed by atoms with van der Waals surface area (Å²) in [6.45, 7) is 11.7. The number of ketones is 2. The summed E-state index contributed by atoms with van der Waals surface area (Å²) in [5.41, 5.74) is 1.50. The van der Waals surface area contributed by atoms with E-state index in [9.17, 15) is 34.5 Å². The number of cyclic esters (lactones) is 1. The first-order valence-electron chi connectivity index (χ1n) is 27.1. The summed E-state index contributed by atoms with van der Waals surface area (Å²) in [6, 6.07) is -1.35. The van der Waals surface area contributed by atoms with Gasteiger partial charge in [-0.1, -0.05) is 77.6 Å². The Morgan fingerprint density at radius 2 is 1.71 bits per heavy atom. The average molecular weight is 961 g/mol. The van der Waals surface area contributed by atoms with Gasteiger partial charge in [-0.2, -0.15) is 0 Å². The maximum Gasteiger partial charge on any atom is 0.329 e. The summed E-state index contributed by atoms with van der Waals surface area (Å²) >= 11 is 0. The van der Waals surface area contributed by atoms with Crippen LogP contribution in [-0.4, -0.2) is 139 Å². The minimum atomic E-state index is -2.92. The van der Waals surface area contributed by atoms with Crippen LogP contribution in [-0.2, 0) is 47.6 Å². The molecule has 0 aromatic rings. The standard InChI is InChI=1S/C54H85NO13/c1-33-17-13-12-14-18-34(2)46(63-9)31-42-22-20-39(7)54(62,68-42)51(59)52(60)55-24-16-15-19-43(55)53(61)67-47(37(5)29-41-21-23-45(66-26-25-56)48(30-41)64-10)32-44(57)36(4)28-38(6)49(58)50(65-11)40(8)35(3)27-33/h12-14,17-18,28,33,35-37,39,41-43,45-50,56,58,62H,8,15-16,19-27,29-32H2,1-7,9-11H3/b14-12+,17-13+,34-18+,38-28+/t33-,35-,36-,37-,39-,41+,42+,43+,45-,46+,47+,48-,49-,50+,54-/m1/s1/i4D3,20D2. The first-order valence-corrected chi connectivity index (χ1v) is 24.6. The number of Topliss-reactive ketones (excluding diaryl/α,β-unsaturated/α-hetero) is 2. The lowest BCUT2D eigenvalue weighted by molar-refractivity contribution is -0.265. The van der Waals surface area contributed by atoms with Gasteiger partial charge in [0.15, 0.2) is 0 Å². The number of ether oxygens (including phenoxy) is 6. The van der Waals surface area contributed by atoms with Gasteiger partial charge >= 0.3 is 5.97 Å². The highest BCUT2D eigenvalue weighted by atomic mass is 16.6. The van der Waals surface area contributed by atoms with Crippen molar-refractivity contribution in [3.63, 3.8) is 0 Å². The SMILES string of the molecule is [2H]C([2H])([2H])[C@@H]1/C=C(\C)[C@@H](O)[C@@H](OC)C(=C)[C@H](C)C[C@H](C)/C=C/C=C/C=C(\C)[C@@H](OC)C[C@@H]2CC([2H])([2H])[C@@H](C)[C@@](O)(O2)C(=O)C(=O)N2CCCC[C@H]2C(=O)O[C@H]([C@H](C)C[C@@H]2CC[C@@H](OCCO)[C@H](OC)C2)CC1=O. The number of fused-ring (bicyclic) bond motifs is 3. The van der Waals surface area contributed by atoms with E-state index in [2.05, 4.69) is 6.58 Å². The molecule has 0 spiro atoms. The molecule has 4 rings (SSSR count). The second-order valence-corrected chi connectivity index (χ2v) is 19.7. The number of carbonyl (C=O) groups is 4. The minimum Gasteiger partial charge on any atom is -0.460 e. The third-order valence-corrected chi connectivity index (χ3v) is 14.5. The maximum atomic E-state index is 14.6. The van der Waals surface area contributed by atoms with Crippen LogP contribution in [0.2, 0.25) is 0 Å². The fraction of sp³-hybridized carbons (Fsp3) is 0.741. The Morgan fingerprint density at radius 1 is 0.956 bits per heavy atom. The number of esters is 1. The van der Waals surface area contributed by atoms with Crippen LogP contribution >= 0.6 is 0 Å². The van der Waals surface area contributed by atoms with Crippen molar-refractivity contribution in [1.29, 1.82) is 0 Å². The Kier molecular flexibility index (Phi) is 19.9. The number of piperidine rings is 1. The molecule has 14 nitrogen and oxygen atoms in total. The van der Waals surface area contributed by atoms with E-state index < -0.39 is 103 Å². The second kappa shape index (κ2) is 27.3. The Balaban J connectivity index is 1.80. The van der Waals surface area contributed by atoms with Crippen LogP contribution < -0.4 is 0 Å². The first-order chi connectivity index (χ1) is 34.2. The van der Waals surface area contributed by atoms with Gasteiger partial charge in [-0.3, -0.25) is 14.4 Å². The number of amides is 1. The molecule has 15 atom stereocenters. The largest absolute Gasteiger partial charge is 0.460 e. The number of allylic oxidation sites excluding steroid dienone is 6. The zero-order valence-corrected chi connectivity index (χ0v) is 42.0. The zero-order chi connectivity index (χ0) is 54.6. The zero-order valence-electron chi connectivity index (χ0n) is 47.0. The molecule has 0 radical (unpaired) electrons. The normalized spacial score (nSPS) is 41.2. The highest BCUT2D eigenvalue weighted by molar-refractivity contribution is 6.39. The molecule has 1 saturated carbocycles. The molecule has 4 aliphatic rings. The van der Waals surface area contributed by atoms with E-state index in [1.54, 1.807) is 14.0 Å². The van der Waals surface area contributed by atoms with Gasteiger partial charge in [-0.15, -0.1) is 0 Å². The van der Waals surface area contributed by atoms with Crippen LogP contribution in [0.15, 0.2) is 59.8 Å². The molecule has 384 valence electrons. The number of rotatable bonds is 9. The fourth-order valence-electron chi connectivity index (χ4n) is 10.1. The van der Waals surface area contributed by atoms with E-state index in [-0.39, 0.29) is 74.6 Å². The number of aliphatic hydroxyl groups excluding tert-OH is 2. The highest BCUT2D eigenvalue weighted by Crippen LogP contribution is 2.38. The maximum absolute atomic E-state index is 14.6. The lowest BCUT2D eigenvalue weighted by Gasteiger charge is -2.42. The van der Waals surface area contributed by atoms with Gasteiger partial charge in [0.2, 0.25) is 5.79 Å². The van der Waals surface area contributed by atoms with Crippen LogP contribution in [0.25, 0.3) is 0 Å². The monoisotopic (exact) mass is 961 g/mol. The number of carbonyl (C=O) groups excluding carboxylic acids is 4. The van der Waals surface area contributed by atoms with Crippen molar-refractivity contribution in [2.45, 2.75) is 180 Å². The predicted molar refractivity (Wildman–Crippen MR) is 260 cm³/mol. The summed E-state index contributed by atoms with van der Waals surface area (Å²) in [6.07, 6.45) is 5.74. The molecule has 2 saturated heterocycles. The lowest BCUT2D eigenvalue weighted by Crippen LogP contribution is -2.61. The highest BCUT2D eigenvalue weighted by Gasteiger charge is 2.53. The molecule has 1 aliphatic carbocycles. The van der Waals surface area contributed by atoms with Crippen molar-refractivity contribution >= 4 is 23.4 Å². The van der Waals surface area contributed by atoms with Crippen LogP contribution in [0.4, 0.5) is 0 Å². The number of methoxy groups -OCH3 is 3. The van der Waals surface area contributed by atoms with E-state index in [1.807, 2.05) is 51.2 Å². The number of hydrogen-bond donors (Lipinski definition) is 3. The summed E-state index contributed by atoms with van der Waals surface area (Å²) in [5.74, 6) is -11.2. The molecule has 1 amide bonds. The number of nitrogens with zero attached hydrogens (tertiary/aromatic N) is 1. The topological polar surface area (TPSA) is 188 Å². The number of hydrogen-bond acceptors (Lipinski definition) is 13. The molecule has 0 unspecified atom stereocenters. The van der Waals surface area contributed by atoms with E-state index in [0.29, 0.717) is 50.5 Å². The van der Waals surface area contributed by atoms with Crippen molar-refractivity contribution < 1.29 is 69.8 Å². The van der Waals surface area contributed by atoms with Crippen molar-refractivity contribution in [3.05, 3.63) is 59.8 Å². The third kappa shape index (κ3) is 15.3. The quantitative estimate of drug-likeness (QED) is 0.120. The van der Waals surface area contributed by atoms with Crippen LogP contribution in [0, 0.1) is 35.5 Å². The second-order valence-electron chi connectivity index (χ2n) is 19.7. The van der Waals surface area contributed by atoms with Gasteiger partial charge in [0.25, 0.3) is 11.7 Å². The molecule has 3 N–H and O–H groups in total. The van der Waals surface area contributed by atoms with E-state index in [0.717, 1.165) is 10.5 Å². The van der Waals surface area contributed by atoms with Crippen molar-refractivity contribution in [2.75, 3.05) is 41.1 Å². The lowest BCUT2D eigenvalue weighted by atomic mass is 9.78. The van der Waals surface area contributed by atoms with E-state index >= 15 is 0 Å². The Morgan fingerprint density at radius 3 is 2.38 bits per heavy atom. The third-order valence-electron chi connectivity index (χ3n) is 14.5. The Hall–Kier alpha value is -3.34.